The minimum Gasteiger partial charge on any atom is -0.371 e. The normalized spacial score (nSPS) is 18.4. The maximum absolute atomic E-state index is 13.1. The van der Waals surface area contributed by atoms with Crippen LogP contribution in [0.3, 0.4) is 0 Å². The molecule has 1 amide bonds. The van der Waals surface area contributed by atoms with E-state index in [-0.39, 0.29) is 24.6 Å². The largest absolute Gasteiger partial charge is 0.416 e. The highest BCUT2D eigenvalue weighted by molar-refractivity contribution is 7.89. The summed E-state index contributed by atoms with van der Waals surface area (Å²) in [6, 6.07) is 10.8. The summed E-state index contributed by atoms with van der Waals surface area (Å²) in [7, 11) is -4.21. The van der Waals surface area contributed by atoms with Gasteiger partial charge in [-0.15, -0.1) is 11.3 Å². The Bertz CT molecular complexity index is 1250. The van der Waals surface area contributed by atoms with E-state index in [1.165, 1.54) is 11.3 Å². The van der Waals surface area contributed by atoms with Crippen molar-refractivity contribution < 1.29 is 31.1 Å². The van der Waals surface area contributed by atoms with E-state index in [4.69, 9.17) is 10.5 Å². The second-order valence-electron chi connectivity index (χ2n) is 6.95. The van der Waals surface area contributed by atoms with E-state index in [9.17, 15) is 26.4 Å². The summed E-state index contributed by atoms with van der Waals surface area (Å²) < 4.78 is 72.9. The lowest BCUT2D eigenvalue weighted by molar-refractivity contribution is -0.137. The van der Waals surface area contributed by atoms with Crippen molar-refractivity contribution in [2.24, 2.45) is 5.73 Å². The lowest BCUT2D eigenvalue weighted by Crippen LogP contribution is -2.42. The minimum atomic E-state index is -4.66. The van der Waals surface area contributed by atoms with E-state index < -0.39 is 38.7 Å². The Kier molecular flexibility index (Phi) is 5.54. The lowest BCUT2D eigenvalue weighted by Gasteiger charge is -2.32. The van der Waals surface area contributed by atoms with E-state index in [0.717, 1.165) is 32.6 Å². The van der Waals surface area contributed by atoms with E-state index in [2.05, 4.69) is 0 Å². The number of nitrogens with two attached hydrogens (primary N) is 1. The number of carbonyl (C=O) groups is 1. The molecule has 1 aromatic heterocycles. The highest BCUT2D eigenvalue weighted by atomic mass is 32.2. The van der Waals surface area contributed by atoms with Crippen LogP contribution in [0.5, 0.6) is 0 Å². The van der Waals surface area contributed by atoms with E-state index in [1.807, 2.05) is 6.07 Å². The highest BCUT2D eigenvalue weighted by Crippen LogP contribution is 2.39. The number of ether oxygens (including phenoxy) is 1. The number of benzene rings is 2. The Balaban J connectivity index is 1.71. The van der Waals surface area contributed by atoms with Crippen molar-refractivity contribution in [1.82, 2.24) is 4.31 Å². The molecule has 3 aromatic rings. The number of rotatable bonds is 4. The molecule has 31 heavy (non-hydrogen) atoms. The summed E-state index contributed by atoms with van der Waals surface area (Å²) >= 11 is 1.19. The first-order chi connectivity index (χ1) is 14.6. The Morgan fingerprint density at radius 3 is 2.61 bits per heavy atom. The zero-order valence-corrected chi connectivity index (χ0v) is 17.6. The lowest BCUT2D eigenvalue weighted by atomic mass is 10.0. The van der Waals surface area contributed by atoms with Crippen LogP contribution in [0.25, 0.3) is 10.1 Å². The van der Waals surface area contributed by atoms with Crippen LogP contribution in [0.2, 0.25) is 0 Å². The van der Waals surface area contributed by atoms with E-state index in [1.54, 1.807) is 18.2 Å². The average Bonchev–Trinajstić information content (AvgIpc) is 3.13. The van der Waals surface area contributed by atoms with Crippen molar-refractivity contribution in [2.45, 2.75) is 17.2 Å². The maximum Gasteiger partial charge on any atom is 0.416 e. The van der Waals surface area contributed by atoms with Gasteiger partial charge >= 0.3 is 6.18 Å². The number of sulfonamides is 1. The van der Waals surface area contributed by atoms with Crippen LogP contribution < -0.4 is 5.73 Å². The predicted molar refractivity (Wildman–Crippen MR) is 109 cm³/mol. The molecule has 1 aliphatic rings. The molecule has 11 heteroatoms. The summed E-state index contributed by atoms with van der Waals surface area (Å²) in [4.78, 5) is 11.8. The molecule has 2 aromatic carbocycles. The Morgan fingerprint density at radius 2 is 1.90 bits per heavy atom. The Hall–Kier alpha value is -2.47. The number of thiophene rings is 1. The minimum absolute atomic E-state index is 0.0191. The van der Waals surface area contributed by atoms with Crippen LogP contribution in [-0.2, 0) is 20.9 Å². The first kappa shape index (κ1) is 21.8. The molecule has 2 heterocycles. The molecule has 2 N–H and O–H groups in total. The Morgan fingerprint density at radius 1 is 1.16 bits per heavy atom. The van der Waals surface area contributed by atoms with Crippen molar-refractivity contribution >= 4 is 37.4 Å². The van der Waals surface area contributed by atoms with Crippen LogP contribution in [0, 0.1) is 0 Å². The van der Waals surface area contributed by atoms with Gasteiger partial charge in [0.15, 0.2) is 0 Å². The zero-order valence-electron chi connectivity index (χ0n) is 15.9. The van der Waals surface area contributed by atoms with E-state index in [0.29, 0.717) is 11.6 Å². The highest BCUT2D eigenvalue weighted by Gasteiger charge is 2.36. The van der Waals surface area contributed by atoms with Crippen molar-refractivity contribution in [3.63, 3.8) is 0 Å². The molecule has 0 aliphatic carbocycles. The number of hydrogen-bond acceptors (Lipinski definition) is 5. The van der Waals surface area contributed by atoms with E-state index >= 15 is 0 Å². The number of carbonyl (C=O) groups excluding carboxylic acids is 1. The fourth-order valence-corrected chi connectivity index (χ4v) is 6.15. The molecule has 6 nitrogen and oxygen atoms in total. The van der Waals surface area contributed by atoms with Crippen molar-refractivity contribution in [1.29, 1.82) is 0 Å². The first-order valence-corrected chi connectivity index (χ1v) is 11.4. The number of morpholine rings is 1. The number of amides is 1. The van der Waals surface area contributed by atoms with Crippen LogP contribution >= 0.6 is 11.3 Å². The fraction of sp³-hybridized carbons (Fsp3) is 0.250. The molecule has 1 fully saturated rings. The number of halogens is 3. The third kappa shape index (κ3) is 4.05. The van der Waals surface area contributed by atoms with Gasteiger partial charge in [-0.2, -0.15) is 17.5 Å². The van der Waals surface area contributed by atoms with Crippen LogP contribution in [0.4, 0.5) is 13.2 Å². The van der Waals surface area contributed by atoms with Gasteiger partial charge in [-0.05, 0) is 29.7 Å². The number of nitrogens with zero attached hydrogens (tertiary/aromatic N) is 1. The second kappa shape index (κ2) is 7.90. The zero-order chi connectivity index (χ0) is 22.4. The van der Waals surface area contributed by atoms with Crippen molar-refractivity contribution in [3.05, 3.63) is 64.5 Å². The molecule has 0 saturated carbocycles. The summed E-state index contributed by atoms with van der Waals surface area (Å²) in [6.45, 7) is -0.159. The third-order valence-corrected chi connectivity index (χ3v) is 8.07. The van der Waals surface area contributed by atoms with Gasteiger partial charge in [0, 0.05) is 23.4 Å². The van der Waals surface area contributed by atoms with Gasteiger partial charge in [0.05, 0.1) is 28.0 Å². The van der Waals surface area contributed by atoms with Gasteiger partial charge in [0.25, 0.3) is 5.91 Å². The number of fused-ring (bicyclic) bond motifs is 1. The molecule has 0 unspecified atom stereocenters. The van der Waals surface area contributed by atoms with Gasteiger partial charge in [-0.1, -0.05) is 24.3 Å². The van der Waals surface area contributed by atoms with Gasteiger partial charge in [-0.3, -0.25) is 4.79 Å². The summed E-state index contributed by atoms with van der Waals surface area (Å²) in [5.41, 5.74) is 4.99. The monoisotopic (exact) mass is 470 g/mol. The standard InChI is InChI=1S/C20H17F3N2O4S2/c21-20(22,23)12-4-3-5-13(10-12)31(27,28)25-8-9-29-15(11-25)17-14-6-1-2-7-16(14)30-18(17)19(24)26/h1-7,10,15H,8-9,11H2,(H2,24,26)/t15-/m0/s1. The SMILES string of the molecule is NC(=O)c1sc2ccccc2c1[C@@H]1CN(S(=O)(=O)c2cccc(C(F)(F)F)c2)CCO1. The van der Waals surface area contributed by atoms with Gasteiger partial charge < -0.3 is 10.5 Å². The average molecular weight is 470 g/mol. The summed E-state index contributed by atoms with van der Waals surface area (Å²) in [6.07, 6.45) is -5.45. The molecular formula is C20H17F3N2O4S2. The smallest absolute Gasteiger partial charge is 0.371 e. The summed E-state index contributed by atoms with van der Waals surface area (Å²) in [5, 5.41) is 0.726. The Labute approximate surface area is 180 Å². The van der Waals surface area contributed by atoms with Crippen LogP contribution in [0.15, 0.2) is 53.4 Å². The molecule has 0 bridgehead atoms. The summed E-state index contributed by atoms with van der Waals surface area (Å²) in [5.74, 6) is -0.655. The molecule has 4 rings (SSSR count). The number of alkyl halides is 3. The quantitative estimate of drug-likeness (QED) is 0.629. The molecule has 0 radical (unpaired) electrons. The molecule has 164 valence electrons. The van der Waals surface area contributed by atoms with Crippen molar-refractivity contribution in [2.75, 3.05) is 19.7 Å². The third-order valence-electron chi connectivity index (χ3n) is 5.01. The molecule has 0 spiro atoms. The molecule has 1 aliphatic heterocycles. The van der Waals surface area contributed by atoms with Crippen molar-refractivity contribution in [3.8, 4) is 0 Å². The van der Waals surface area contributed by atoms with Crippen LogP contribution in [-0.4, -0.2) is 38.3 Å². The topological polar surface area (TPSA) is 89.7 Å². The number of primary amides is 1. The predicted octanol–water partition coefficient (Wildman–Crippen LogP) is 3.78. The first-order valence-electron chi connectivity index (χ1n) is 9.19. The maximum atomic E-state index is 13.1. The van der Waals surface area contributed by atoms with Crippen LogP contribution in [0.1, 0.15) is 26.9 Å². The van der Waals surface area contributed by atoms with Gasteiger partial charge in [0.1, 0.15) is 0 Å². The molecule has 1 atom stereocenters. The number of hydrogen-bond donors (Lipinski definition) is 1. The molecule has 1 saturated heterocycles. The van der Waals surface area contributed by atoms with Gasteiger partial charge in [-0.25, -0.2) is 8.42 Å². The van der Waals surface area contributed by atoms with Gasteiger partial charge in [0.2, 0.25) is 10.0 Å². The second-order valence-corrected chi connectivity index (χ2v) is 9.94. The fourth-order valence-electron chi connectivity index (χ4n) is 3.57. The molecular weight excluding hydrogens is 453 g/mol.